The number of imidazole rings is 2. The average Bonchev–Trinajstić information content (AvgIpc) is 4.23. The number of morpholine rings is 1. The molecule has 3 atom stereocenters. The molecule has 3 aliphatic heterocycles. The molecule has 4 amide bonds. The van der Waals surface area contributed by atoms with Crippen LogP contribution in [-0.4, -0.2) is 139 Å². The zero-order valence-corrected chi connectivity index (χ0v) is 39.8. The molecule has 24 heteroatoms. The molecule has 2 aromatic carbocycles. The van der Waals surface area contributed by atoms with Gasteiger partial charge in [0.25, 0.3) is 17.7 Å². The fourth-order valence-corrected chi connectivity index (χ4v) is 9.82. The molecule has 0 spiro atoms. The quantitative estimate of drug-likeness (QED) is 0.0820. The van der Waals surface area contributed by atoms with Crippen molar-refractivity contribution in [1.82, 2.24) is 69.5 Å². The lowest BCUT2D eigenvalue weighted by atomic mass is 10.1. The molecule has 0 aliphatic carbocycles. The fourth-order valence-electron chi connectivity index (χ4n) is 9.82. The number of nitrogens with zero attached hydrogens (tertiary/aromatic N) is 12. The van der Waals surface area contributed by atoms with Gasteiger partial charge in [0.1, 0.15) is 53.0 Å². The summed E-state index contributed by atoms with van der Waals surface area (Å²) in [4.78, 5) is 67.2. The Bertz CT molecular complexity index is 3170. The van der Waals surface area contributed by atoms with Crippen molar-refractivity contribution < 1.29 is 33.4 Å². The third-order valence-corrected chi connectivity index (χ3v) is 13.1. The second kappa shape index (κ2) is 19.8. The molecule has 0 saturated carbocycles. The highest BCUT2D eigenvalue weighted by Gasteiger charge is 2.42. The van der Waals surface area contributed by atoms with Crippen molar-refractivity contribution in [3.8, 4) is 11.5 Å². The maximum atomic E-state index is 14.1. The molecule has 24 nitrogen and oxygen atoms in total. The minimum atomic E-state index is -0.677. The number of ether oxygens (including phenoxy) is 3. The van der Waals surface area contributed by atoms with Crippen molar-refractivity contribution in [2.75, 3.05) is 43.6 Å². The lowest BCUT2D eigenvalue weighted by Gasteiger charge is -2.40. The molecule has 3 aliphatic rings. The lowest BCUT2D eigenvalue weighted by Crippen LogP contribution is -2.55. The second-order valence-corrected chi connectivity index (χ2v) is 17.8. The van der Waals surface area contributed by atoms with E-state index in [1.165, 1.54) is 0 Å². The van der Waals surface area contributed by atoms with Gasteiger partial charge in [-0.25, -0.2) is 15.1 Å². The summed E-state index contributed by atoms with van der Waals surface area (Å²) in [6.07, 6.45) is 6.73. The Morgan fingerprint density at radius 1 is 0.718 bits per heavy atom. The van der Waals surface area contributed by atoms with Crippen LogP contribution in [0.3, 0.4) is 0 Å². The molecule has 6 N–H and O–H groups in total. The van der Waals surface area contributed by atoms with E-state index in [0.29, 0.717) is 113 Å². The lowest BCUT2D eigenvalue weighted by molar-refractivity contribution is -0.0534. The van der Waals surface area contributed by atoms with Crippen LogP contribution in [0.2, 0.25) is 0 Å². The number of amides is 4. The zero-order valence-electron chi connectivity index (χ0n) is 39.8. The number of anilines is 2. The SMILES string of the molecule is CCn1nc(C)cc1C(=O)Nc1nc2cc(C(N)=O)cc3c2n1C/C=C/Cn1c(NC(=O)c2cc(C)nn2CC)nc2cc(C(=O)NCCCc4nnn[nH]4)cc(c21)OC[C@H](N1C2CCC1COC2)CO3. The predicted octanol–water partition coefficient (Wildman–Crippen LogP) is 3.17. The van der Waals surface area contributed by atoms with Crippen LogP contribution in [0.4, 0.5) is 11.9 Å². The number of nitrogens with two attached hydrogens (primary N) is 1. The van der Waals surface area contributed by atoms with Crippen LogP contribution in [0.1, 0.15) is 92.0 Å². The highest BCUT2D eigenvalue weighted by molar-refractivity contribution is 6.05. The number of aryl methyl sites for hydroxylation is 5. The van der Waals surface area contributed by atoms with Crippen molar-refractivity contribution >= 4 is 57.6 Å². The number of allylic oxidation sites excluding steroid dienone is 2. The van der Waals surface area contributed by atoms with Crippen molar-refractivity contribution in [3.05, 3.63) is 88.3 Å². The van der Waals surface area contributed by atoms with Gasteiger partial charge in [-0.05, 0) is 93.8 Å². The van der Waals surface area contributed by atoms with E-state index in [4.69, 9.17) is 29.9 Å². The van der Waals surface area contributed by atoms with Gasteiger partial charge in [0, 0.05) is 62.4 Å². The van der Waals surface area contributed by atoms with E-state index < -0.39 is 17.7 Å². The molecule has 0 radical (unpaired) electrons. The minimum Gasteiger partial charge on any atom is -0.490 e. The third-order valence-electron chi connectivity index (χ3n) is 13.1. The van der Waals surface area contributed by atoms with E-state index in [-0.39, 0.29) is 67.8 Å². The first-order chi connectivity index (χ1) is 34.5. The summed E-state index contributed by atoms with van der Waals surface area (Å²) in [6, 6.07) is 9.77. The van der Waals surface area contributed by atoms with Gasteiger partial charge in [-0.2, -0.15) is 10.2 Å². The number of hydrogen-bond acceptors (Lipinski definition) is 15. The molecule has 71 heavy (non-hydrogen) atoms. The van der Waals surface area contributed by atoms with Crippen LogP contribution in [-0.2, 0) is 37.3 Å². The van der Waals surface area contributed by atoms with Crippen LogP contribution in [0.25, 0.3) is 22.1 Å². The standard InChI is InChI=1S/C47H55N17O7/c1-5-62-35(16-26(3)56-62)44(67)52-46-50-33-18-28(42(48)65)20-37-40(33)60(46)14-7-8-15-61-41-34(51-47(61)53-45(68)36-17-27(4)57-63(36)6-2)19-29(43(66)49-13-9-10-39-54-58-59-55-39)21-38(41)71-25-32(24-70-37)64-30-11-12-31(64)23-69-22-30/h7-8,16-21,30-32H,5-6,9-15,22-25H2,1-4H3,(H2,48,65)(H,49,66)(H,50,52,67)(H,51,53,68)(H,54,55,58,59)/b8-7+/t30?,31?,32-/m1/s1. The van der Waals surface area contributed by atoms with E-state index in [2.05, 4.69) is 51.7 Å². The van der Waals surface area contributed by atoms with Gasteiger partial charge in [-0.15, -0.1) is 5.10 Å². The number of nitrogens with one attached hydrogen (secondary N) is 4. The molecule has 5 aromatic heterocycles. The molecular formula is C47H55N17O7. The topological polar surface area (TPSA) is 287 Å². The number of tetrazole rings is 1. The van der Waals surface area contributed by atoms with Crippen LogP contribution in [0.5, 0.6) is 11.5 Å². The van der Waals surface area contributed by atoms with E-state index in [1.54, 1.807) is 45.8 Å². The Balaban J connectivity index is 1.08. The van der Waals surface area contributed by atoms with Crippen molar-refractivity contribution in [1.29, 1.82) is 0 Å². The van der Waals surface area contributed by atoms with Gasteiger partial charge in [0.15, 0.2) is 0 Å². The molecule has 10 rings (SSSR count). The third kappa shape index (κ3) is 9.41. The smallest absolute Gasteiger partial charge is 0.276 e. The number of hydrogen-bond donors (Lipinski definition) is 5. The molecule has 2 bridgehead atoms. The Morgan fingerprint density at radius 2 is 1.27 bits per heavy atom. The van der Waals surface area contributed by atoms with Crippen molar-refractivity contribution in [3.63, 3.8) is 0 Å². The molecule has 2 unspecified atom stereocenters. The van der Waals surface area contributed by atoms with Gasteiger partial charge in [0.2, 0.25) is 17.8 Å². The van der Waals surface area contributed by atoms with E-state index >= 15 is 0 Å². The van der Waals surface area contributed by atoms with Crippen LogP contribution in [0, 0.1) is 13.8 Å². The van der Waals surface area contributed by atoms with Crippen LogP contribution >= 0.6 is 0 Å². The summed E-state index contributed by atoms with van der Waals surface area (Å²) in [5.74, 6) is -0.169. The first kappa shape index (κ1) is 46.7. The second-order valence-electron chi connectivity index (χ2n) is 17.8. The molecule has 370 valence electrons. The van der Waals surface area contributed by atoms with Gasteiger partial charge in [0.05, 0.1) is 41.7 Å². The monoisotopic (exact) mass is 969 g/mol. The molecule has 8 heterocycles. The first-order valence-electron chi connectivity index (χ1n) is 23.8. The minimum absolute atomic E-state index is 0.0825. The molecule has 7 aromatic rings. The number of rotatable bonds is 13. The number of H-pyrrole nitrogens is 1. The van der Waals surface area contributed by atoms with Crippen molar-refractivity contribution in [2.45, 2.75) is 97.7 Å². The number of benzene rings is 2. The summed E-state index contributed by atoms with van der Waals surface area (Å²) in [5, 5.41) is 31.9. The van der Waals surface area contributed by atoms with Gasteiger partial charge in [-0.3, -0.25) is 44.1 Å². The Kier molecular flexibility index (Phi) is 13.0. The average molecular weight is 970 g/mol. The summed E-state index contributed by atoms with van der Waals surface area (Å²) in [7, 11) is 0. The summed E-state index contributed by atoms with van der Waals surface area (Å²) in [5.41, 5.74) is 10.3. The number of aromatic amines is 1. The van der Waals surface area contributed by atoms with Gasteiger partial charge >= 0.3 is 0 Å². The number of fused-ring (bicyclic) bond motifs is 2. The number of carbonyl (C=O) groups excluding carboxylic acids is 4. The first-order valence-corrected chi connectivity index (χ1v) is 23.8. The van der Waals surface area contributed by atoms with Crippen molar-refractivity contribution in [2.24, 2.45) is 5.73 Å². The van der Waals surface area contributed by atoms with Gasteiger partial charge < -0.3 is 34.4 Å². The molecular weight excluding hydrogens is 915 g/mol. The number of aromatic nitrogens is 12. The summed E-state index contributed by atoms with van der Waals surface area (Å²) < 4.78 is 26.7. The number of carbonyl (C=O) groups is 4. The fraction of sp³-hybridized carbons (Fsp3) is 0.426. The Hall–Kier alpha value is -7.99. The summed E-state index contributed by atoms with van der Waals surface area (Å²) in [6.45, 7) is 10.3. The maximum absolute atomic E-state index is 14.1. The largest absolute Gasteiger partial charge is 0.490 e. The van der Waals surface area contributed by atoms with E-state index in [1.807, 2.05) is 49.0 Å². The Labute approximate surface area is 406 Å². The predicted molar refractivity (Wildman–Crippen MR) is 257 cm³/mol. The van der Waals surface area contributed by atoms with Gasteiger partial charge in [-0.1, -0.05) is 12.2 Å². The Morgan fingerprint density at radius 3 is 1.79 bits per heavy atom. The zero-order chi connectivity index (χ0) is 49.3. The number of primary amides is 1. The van der Waals surface area contributed by atoms with E-state index in [9.17, 15) is 19.2 Å². The molecule has 2 saturated heterocycles. The normalized spacial score (nSPS) is 18.6. The molecule has 2 fully saturated rings. The van der Waals surface area contributed by atoms with Crippen LogP contribution < -0.4 is 31.2 Å². The van der Waals surface area contributed by atoms with E-state index in [0.717, 1.165) is 12.8 Å². The highest BCUT2D eigenvalue weighted by Crippen LogP contribution is 2.36. The summed E-state index contributed by atoms with van der Waals surface area (Å²) >= 11 is 0. The van der Waals surface area contributed by atoms with Crippen LogP contribution in [0.15, 0.2) is 48.6 Å². The highest BCUT2D eigenvalue weighted by atomic mass is 16.5. The maximum Gasteiger partial charge on any atom is 0.276 e.